The molecule has 0 unspecified atom stereocenters. The standard InChI is InChI=1S/C20H34O6/c1-15(2)13-20(18(21)22,14-16(3)4)19(23)26-12-10-8-7-9-11-17(24-5)25-6/h15-17H,7-8,10,12-14H2,1-6H3,(H,21,22). The highest BCUT2D eigenvalue weighted by Gasteiger charge is 2.48. The van der Waals surface area contributed by atoms with Crippen molar-refractivity contribution in [1.82, 2.24) is 0 Å². The van der Waals surface area contributed by atoms with Gasteiger partial charge in [0, 0.05) is 20.6 Å². The lowest BCUT2D eigenvalue weighted by atomic mass is 9.74. The van der Waals surface area contributed by atoms with Crippen LogP contribution in [-0.4, -0.2) is 44.2 Å². The van der Waals surface area contributed by atoms with Crippen molar-refractivity contribution in [1.29, 1.82) is 0 Å². The van der Waals surface area contributed by atoms with Crippen LogP contribution in [0.5, 0.6) is 0 Å². The van der Waals surface area contributed by atoms with Crippen molar-refractivity contribution in [2.75, 3.05) is 20.8 Å². The van der Waals surface area contributed by atoms with Gasteiger partial charge in [-0.25, -0.2) is 0 Å². The summed E-state index contributed by atoms with van der Waals surface area (Å²) in [4.78, 5) is 24.5. The van der Waals surface area contributed by atoms with E-state index in [-0.39, 0.29) is 31.3 Å². The fraction of sp³-hybridized carbons (Fsp3) is 0.800. The number of methoxy groups -OCH3 is 2. The van der Waals surface area contributed by atoms with Crippen LogP contribution in [0.2, 0.25) is 0 Å². The zero-order valence-electron chi connectivity index (χ0n) is 17.0. The SMILES string of the molecule is COC(C#CCCCCOC(=O)C(CC(C)C)(CC(C)C)C(=O)O)OC. The summed E-state index contributed by atoms with van der Waals surface area (Å²) in [5.74, 6) is 4.21. The van der Waals surface area contributed by atoms with Gasteiger partial charge in [-0.15, -0.1) is 0 Å². The molecule has 0 atom stereocenters. The summed E-state index contributed by atoms with van der Waals surface area (Å²) >= 11 is 0. The number of esters is 1. The van der Waals surface area contributed by atoms with Gasteiger partial charge in [-0.3, -0.25) is 9.59 Å². The summed E-state index contributed by atoms with van der Waals surface area (Å²) in [5, 5.41) is 9.72. The Bertz CT molecular complexity index is 472. The topological polar surface area (TPSA) is 82.1 Å². The number of hydrogen-bond donors (Lipinski definition) is 1. The molecule has 0 aromatic heterocycles. The first-order valence-corrected chi connectivity index (χ1v) is 9.14. The third-order valence-electron chi connectivity index (χ3n) is 3.89. The highest BCUT2D eigenvalue weighted by Crippen LogP contribution is 2.35. The van der Waals surface area contributed by atoms with Crippen molar-refractivity contribution in [3.05, 3.63) is 0 Å². The van der Waals surface area contributed by atoms with Crippen molar-refractivity contribution >= 4 is 11.9 Å². The zero-order valence-corrected chi connectivity index (χ0v) is 17.0. The number of unbranched alkanes of at least 4 members (excludes halogenated alkanes) is 2. The average molecular weight is 370 g/mol. The lowest BCUT2D eigenvalue weighted by Gasteiger charge is -2.30. The Kier molecular flexibility index (Phi) is 11.9. The first kappa shape index (κ1) is 24.4. The minimum atomic E-state index is -1.47. The van der Waals surface area contributed by atoms with Gasteiger partial charge < -0.3 is 19.3 Å². The maximum atomic E-state index is 12.6. The molecule has 0 heterocycles. The second-order valence-electron chi connectivity index (χ2n) is 7.30. The van der Waals surface area contributed by atoms with Crippen molar-refractivity contribution in [2.24, 2.45) is 17.3 Å². The van der Waals surface area contributed by atoms with Crippen molar-refractivity contribution in [3.63, 3.8) is 0 Å². The second-order valence-corrected chi connectivity index (χ2v) is 7.30. The minimum absolute atomic E-state index is 0.0854. The average Bonchev–Trinajstić information content (AvgIpc) is 2.55. The normalized spacial score (nSPS) is 11.6. The fourth-order valence-electron chi connectivity index (χ4n) is 2.89. The van der Waals surface area contributed by atoms with E-state index in [2.05, 4.69) is 11.8 Å². The molecule has 0 rings (SSSR count). The smallest absolute Gasteiger partial charge is 0.323 e. The lowest BCUT2D eigenvalue weighted by Crippen LogP contribution is -2.43. The molecule has 26 heavy (non-hydrogen) atoms. The van der Waals surface area contributed by atoms with E-state index in [0.29, 0.717) is 12.8 Å². The summed E-state index contributed by atoms with van der Waals surface area (Å²) < 4.78 is 15.2. The van der Waals surface area contributed by atoms with Gasteiger partial charge in [0.1, 0.15) is 0 Å². The van der Waals surface area contributed by atoms with Gasteiger partial charge in [0.2, 0.25) is 6.29 Å². The predicted octanol–water partition coefficient (Wildman–Crippen LogP) is 3.49. The van der Waals surface area contributed by atoms with Crippen LogP contribution in [0.4, 0.5) is 0 Å². The summed E-state index contributed by atoms with van der Waals surface area (Å²) in [5.41, 5.74) is -1.47. The molecule has 0 radical (unpaired) electrons. The van der Waals surface area contributed by atoms with Crippen LogP contribution in [0.1, 0.15) is 59.8 Å². The van der Waals surface area contributed by atoms with E-state index in [1.165, 1.54) is 14.2 Å². The maximum absolute atomic E-state index is 12.6. The molecular weight excluding hydrogens is 336 g/mol. The van der Waals surface area contributed by atoms with Gasteiger partial charge in [0.15, 0.2) is 5.41 Å². The molecule has 0 aliphatic rings. The number of carboxylic acids is 1. The van der Waals surface area contributed by atoms with E-state index in [0.717, 1.165) is 6.42 Å². The largest absolute Gasteiger partial charge is 0.480 e. The van der Waals surface area contributed by atoms with E-state index < -0.39 is 23.6 Å². The number of carbonyl (C=O) groups excluding carboxylic acids is 1. The number of rotatable bonds is 12. The summed E-state index contributed by atoms with van der Waals surface area (Å²) in [6.07, 6.45) is 2.03. The van der Waals surface area contributed by atoms with Crippen LogP contribution in [0.15, 0.2) is 0 Å². The van der Waals surface area contributed by atoms with Gasteiger partial charge in [-0.1, -0.05) is 33.6 Å². The van der Waals surface area contributed by atoms with Crippen molar-refractivity contribution in [2.45, 2.75) is 66.1 Å². The van der Waals surface area contributed by atoms with Crippen molar-refractivity contribution in [3.8, 4) is 11.8 Å². The van der Waals surface area contributed by atoms with Crippen LogP contribution in [-0.2, 0) is 23.8 Å². The van der Waals surface area contributed by atoms with E-state index in [1.54, 1.807) is 0 Å². The molecule has 0 aliphatic heterocycles. The highest BCUT2D eigenvalue weighted by atomic mass is 16.7. The Morgan fingerprint density at radius 1 is 1.00 bits per heavy atom. The molecule has 0 spiro atoms. The van der Waals surface area contributed by atoms with Crippen molar-refractivity contribution < 1.29 is 28.9 Å². The molecule has 0 fully saturated rings. The molecule has 1 N–H and O–H groups in total. The molecular formula is C20H34O6. The van der Waals surface area contributed by atoms with E-state index >= 15 is 0 Å². The molecule has 0 saturated heterocycles. The molecule has 0 aromatic rings. The molecule has 0 amide bonds. The van der Waals surface area contributed by atoms with E-state index in [4.69, 9.17) is 14.2 Å². The summed E-state index contributed by atoms with van der Waals surface area (Å²) in [6, 6.07) is 0. The quantitative estimate of drug-likeness (QED) is 0.186. The molecule has 6 heteroatoms. The molecule has 0 saturated carbocycles. The molecule has 0 bridgehead atoms. The Hall–Kier alpha value is -1.58. The maximum Gasteiger partial charge on any atom is 0.323 e. The Morgan fingerprint density at radius 2 is 1.54 bits per heavy atom. The molecule has 6 nitrogen and oxygen atoms in total. The van der Waals surface area contributed by atoms with Gasteiger partial charge in [-0.2, -0.15) is 0 Å². The lowest BCUT2D eigenvalue weighted by molar-refractivity contribution is -0.172. The van der Waals surface area contributed by atoms with Crippen LogP contribution >= 0.6 is 0 Å². The van der Waals surface area contributed by atoms with Gasteiger partial charge in [0.05, 0.1) is 6.61 Å². The Labute approximate surface area is 157 Å². The van der Waals surface area contributed by atoms with Gasteiger partial charge >= 0.3 is 11.9 Å². The third-order valence-corrected chi connectivity index (χ3v) is 3.89. The predicted molar refractivity (Wildman–Crippen MR) is 99.4 cm³/mol. The van der Waals surface area contributed by atoms with Crippen LogP contribution in [0.25, 0.3) is 0 Å². The van der Waals surface area contributed by atoms with Crippen LogP contribution in [0, 0.1) is 29.1 Å². The zero-order chi connectivity index (χ0) is 20.2. The van der Waals surface area contributed by atoms with Gasteiger partial charge in [0.25, 0.3) is 0 Å². The second kappa shape index (κ2) is 12.7. The first-order valence-electron chi connectivity index (χ1n) is 9.14. The number of carboxylic acid groups (broad SMARTS) is 1. The Balaban J connectivity index is 4.60. The number of carbonyl (C=O) groups is 2. The molecule has 150 valence electrons. The first-order chi connectivity index (χ1) is 12.2. The monoisotopic (exact) mass is 370 g/mol. The third kappa shape index (κ3) is 8.68. The summed E-state index contributed by atoms with van der Waals surface area (Å²) in [7, 11) is 3.04. The van der Waals surface area contributed by atoms with E-state index in [1.807, 2.05) is 27.7 Å². The highest BCUT2D eigenvalue weighted by molar-refractivity contribution is 5.99. The molecule has 0 aliphatic carbocycles. The van der Waals surface area contributed by atoms with Gasteiger partial charge in [-0.05, 0) is 43.4 Å². The van der Waals surface area contributed by atoms with E-state index in [9.17, 15) is 14.7 Å². The van der Waals surface area contributed by atoms with Crippen LogP contribution in [0.3, 0.4) is 0 Å². The summed E-state index contributed by atoms with van der Waals surface area (Å²) in [6.45, 7) is 7.85. The minimum Gasteiger partial charge on any atom is -0.480 e. The molecule has 0 aromatic carbocycles. The number of hydrogen-bond acceptors (Lipinski definition) is 5. The number of aliphatic carboxylic acids is 1. The van der Waals surface area contributed by atoms with Crippen LogP contribution < -0.4 is 0 Å². The Morgan fingerprint density at radius 3 is 1.96 bits per heavy atom. The fourth-order valence-corrected chi connectivity index (χ4v) is 2.89. The number of ether oxygens (including phenoxy) is 3.